The number of aliphatic hydroxyl groups is 1. The molecule has 0 amide bonds. The molecule has 0 bridgehead atoms. The molecule has 0 rings (SSSR count). The fourth-order valence-electron chi connectivity index (χ4n) is 1.12. The zero-order chi connectivity index (χ0) is 18.2. The van der Waals surface area contributed by atoms with Gasteiger partial charge in [0.2, 0.25) is 0 Å². The molecule has 0 aliphatic carbocycles. The van der Waals surface area contributed by atoms with E-state index in [1.807, 2.05) is 0 Å². The van der Waals surface area contributed by atoms with Gasteiger partial charge in [-0.25, -0.2) is 0 Å². The molecule has 0 atom stereocenters. The second kappa shape index (κ2) is 5.81. The van der Waals surface area contributed by atoms with Crippen LogP contribution in [0, 0.1) is 0 Å². The van der Waals surface area contributed by atoms with E-state index in [-0.39, 0.29) is 6.92 Å². The van der Waals surface area contributed by atoms with Crippen LogP contribution in [0.25, 0.3) is 0 Å². The summed E-state index contributed by atoms with van der Waals surface area (Å²) in [6.45, 7) is -1.93. The van der Waals surface area contributed by atoms with Crippen LogP contribution < -0.4 is 0 Å². The van der Waals surface area contributed by atoms with Crippen molar-refractivity contribution in [2.75, 3.05) is 13.2 Å². The molecule has 0 heterocycles. The first-order valence-electron chi connectivity index (χ1n) is 5.18. The van der Waals surface area contributed by atoms with Gasteiger partial charge in [-0.1, -0.05) is 0 Å². The summed E-state index contributed by atoms with van der Waals surface area (Å²) in [6, 6.07) is 0. The van der Waals surface area contributed by atoms with E-state index >= 15 is 0 Å². The van der Waals surface area contributed by atoms with Gasteiger partial charge in [-0.3, -0.25) is 4.99 Å². The van der Waals surface area contributed by atoms with Crippen molar-refractivity contribution in [3.63, 3.8) is 0 Å². The first-order chi connectivity index (χ1) is 9.48. The summed E-state index contributed by atoms with van der Waals surface area (Å²) in [5.74, 6) is -28.1. The molecule has 0 saturated carbocycles. The van der Waals surface area contributed by atoms with Gasteiger partial charge in [-0.05, 0) is 6.92 Å². The molecule has 0 aromatic rings. The highest BCUT2D eigenvalue weighted by Gasteiger charge is 2.87. The van der Waals surface area contributed by atoms with Crippen molar-refractivity contribution in [3.8, 4) is 0 Å². The summed E-state index contributed by atoms with van der Waals surface area (Å²) in [5, 5.41) is 8.22. The smallest absolute Gasteiger partial charge is 0.394 e. The van der Waals surface area contributed by atoms with Gasteiger partial charge in [0.25, 0.3) is 0 Å². The van der Waals surface area contributed by atoms with Crippen molar-refractivity contribution in [2.45, 2.75) is 36.8 Å². The molecule has 0 aromatic heterocycles. The first-order valence-corrected chi connectivity index (χ1v) is 5.18. The van der Waals surface area contributed by atoms with Crippen LogP contribution in [0.1, 0.15) is 6.92 Å². The molecule has 0 radical (unpaired) electrons. The van der Waals surface area contributed by atoms with Gasteiger partial charge in [0, 0.05) is 0 Å². The molecular weight excluding hydrogens is 347 g/mol. The number of rotatable bonds is 6. The van der Waals surface area contributed by atoms with Gasteiger partial charge in [-0.15, -0.1) is 0 Å². The van der Waals surface area contributed by atoms with E-state index in [2.05, 4.69) is 4.99 Å². The van der Waals surface area contributed by atoms with Gasteiger partial charge in [-0.2, -0.15) is 48.3 Å². The molecule has 0 saturated heterocycles. The predicted molar refractivity (Wildman–Crippen MR) is 50.9 cm³/mol. The standard InChI is InChI=1S/C9H8F11NO/c1-4(21-2-3-22)5(10,11)6(12,13)7(14,15)8(16,17)9(18,19)20/h22H,2-3H2,1H3. The summed E-state index contributed by atoms with van der Waals surface area (Å²) >= 11 is 0. The molecule has 0 spiro atoms. The lowest BCUT2D eigenvalue weighted by Gasteiger charge is -2.37. The van der Waals surface area contributed by atoms with E-state index in [1.54, 1.807) is 0 Å². The van der Waals surface area contributed by atoms with Crippen molar-refractivity contribution in [1.82, 2.24) is 0 Å². The SMILES string of the molecule is CC(=NCCO)C(F)(F)C(F)(F)C(F)(F)C(F)(F)C(F)(F)F. The summed E-state index contributed by atoms with van der Waals surface area (Å²) in [6.07, 6.45) is -7.19. The Morgan fingerprint density at radius 1 is 0.773 bits per heavy atom. The molecule has 132 valence electrons. The van der Waals surface area contributed by atoms with Crippen molar-refractivity contribution < 1.29 is 53.4 Å². The number of nitrogens with zero attached hydrogens (tertiary/aromatic N) is 1. The van der Waals surface area contributed by atoms with Gasteiger partial charge < -0.3 is 5.11 Å². The fourth-order valence-corrected chi connectivity index (χ4v) is 1.12. The molecule has 13 heteroatoms. The number of halogens is 11. The second-order valence-electron chi connectivity index (χ2n) is 3.99. The van der Waals surface area contributed by atoms with Crippen LogP contribution in [0.15, 0.2) is 4.99 Å². The molecule has 0 fully saturated rings. The molecule has 1 N–H and O–H groups in total. The number of hydrogen-bond donors (Lipinski definition) is 1. The maximum absolute atomic E-state index is 13.2. The Balaban J connectivity index is 6.00. The highest BCUT2D eigenvalue weighted by atomic mass is 19.4. The number of alkyl halides is 11. The first kappa shape index (κ1) is 20.9. The number of aliphatic imine (C=N–C) groups is 1. The third-order valence-corrected chi connectivity index (χ3v) is 2.44. The summed E-state index contributed by atoms with van der Waals surface area (Å²) in [4.78, 5) is 2.52. The predicted octanol–water partition coefficient (Wildman–Crippen LogP) is 3.54. The molecule has 0 aliphatic heterocycles. The summed E-state index contributed by atoms with van der Waals surface area (Å²) < 4.78 is 138. The van der Waals surface area contributed by atoms with E-state index in [9.17, 15) is 48.3 Å². The number of hydrogen-bond acceptors (Lipinski definition) is 2. The Kier molecular flexibility index (Phi) is 5.51. The van der Waals surface area contributed by atoms with Crippen LogP contribution in [0.2, 0.25) is 0 Å². The third kappa shape index (κ3) is 2.99. The van der Waals surface area contributed by atoms with Crippen molar-refractivity contribution in [3.05, 3.63) is 0 Å². The Morgan fingerprint density at radius 3 is 1.50 bits per heavy atom. The fraction of sp³-hybridized carbons (Fsp3) is 0.889. The average molecular weight is 355 g/mol. The second-order valence-corrected chi connectivity index (χ2v) is 3.99. The van der Waals surface area contributed by atoms with E-state index in [1.165, 1.54) is 0 Å². The lowest BCUT2D eigenvalue weighted by Crippen LogP contribution is -2.67. The monoisotopic (exact) mass is 355 g/mol. The quantitative estimate of drug-likeness (QED) is 0.574. The minimum absolute atomic E-state index is 0.0192. The van der Waals surface area contributed by atoms with E-state index in [0.29, 0.717) is 0 Å². The molecule has 0 unspecified atom stereocenters. The van der Waals surface area contributed by atoms with Gasteiger partial charge >= 0.3 is 29.9 Å². The maximum atomic E-state index is 13.2. The third-order valence-electron chi connectivity index (χ3n) is 2.44. The Bertz CT molecular complexity index is 426. The largest absolute Gasteiger partial charge is 0.460 e. The normalized spacial score (nSPS) is 16.1. The number of aliphatic hydroxyl groups excluding tert-OH is 1. The lowest BCUT2D eigenvalue weighted by molar-refractivity contribution is -0.414. The lowest BCUT2D eigenvalue weighted by atomic mass is 9.95. The zero-order valence-corrected chi connectivity index (χ0v) is 10.5. The Morgan fingerprint density at radius 2 is 1.18 bits per heavy atom. The van der Waals surface area contributed by atoms with Gasteiger partial charge in [0.15, 0.2) is 0 Å². The Hall–Kier alpha value is -1.14. The van der Waals surface area contributed by atoms with E-state index in [0.717, 1.165) is 0 Å². The molecule has 2 nitrogen and oxygen atoms in total. The zero-order valence-electron chi connectivity index (χ0n) is 10.5. The minimum Gasteiger partial charge on any atom is -0.394 e. The topological polar surface area (TPSA) is 32.6 Å². The van der Waals surface area contributed by atoms with Crippen LogP contribution in [-0.4, -0.2) is 53.8 Å². The van der Waals surface area contributed by atoms with Crippen LogP contribution in [0.3, 0.4) is 0 Å². The van der Waals surface area contributed by atoms with Crippen molar-refractivity contribution in [2.24, 2.45) is 4.99 Å². The van der Waals surface area contributed by atoms with Crippen LogP contribution in [0.4, 0.5) is 48.3 Å². The highest BCUT2D eigenvalue weighted by Crippen LogP contribution is 2.57. The molecule has 22 heavy (non-hydrogen) atoms. The molecule has 0 aromatic carbocycles. The molecule has 0 aliphatic rings. The molecular formula is C9H8F11NO. The van der Waals surface area contributed by atoms with E-state index in [4.69, 9.17) is 5.11 Å². The highest BCUT2D eigenvalue weighted by molar-refractivity contribution is 5.90. The van der Waals surface area contributed by atoms with Crippen LogP contribution in [-0.2, 0) is 0 Å². The van der Waals surface area contributed by atoms with E-state index < -0.39 is 48.7 Å². The van der Waals surface area contributed by atoms with Crippen LogP contribution >= 0.6 is 0 Å². The summed E-state index contributed by atoms with van der Waals surface area (Å²) in [7, 11) is 0. The van der Waals surface area contributed by atoms with Gasteiger partial charge in [0.05, 0.1) is 18.9 Å². The van der Waals surface area contributed by atoms with Gasteiger partial charge in [0.1, 0.15) is 0 Å². The minimum atomic E-state index is -7.45. The average Bonchev–Trinajstić information content (AvgIpc) is 2.33. The van der Waals surface area contributed by atoms with Crippen molar-refractivity contribution >= 4 is 5.71 Å². The Labute approximate surface area is 115 Å². The van der Waals surface area contributed by atoms with Crippen molar-refractivity contribution in [1.29, 1.82) is 0 Å². The maximum Gasteiger partial charge on any atom is 0.460 e. The summed E-state index contributed by atoms with van der Waals surface area (Å²) in [5.41, 5.74) is -2.14. The van der Waals surface area contributed by atoms with Crippen LogP contribution in [0.5, 0.6) is 0 Å².